The molecule has 0 fully saturated rings. The fraction of sp³-hybridized carbons (Fsp3) is 0.105. The Morgan fingerprint density at radius 3 is 2.48 bits per heavy atom. The number of aryl methyl sites for hydroxylation is 2. The van der Waals surface area contributed by atoms with Crippen LogP contribution in [0.2, 0.25) is 0 Å². The van der Waals surface area contributed by atoms with E-state index >= 15 is 0 Å². The van der Waals surface area contributed by atoms with Gasteiger partial charge in [0.05, 0.1) is 26.6 Å². The van der Waals surface area contributed by atoms with Crippen LogP contribution in [0, 0.1) is 13.8 Å². The Bertz CT molecular complexity index is 1050. The van der Waals surface area contributed by atoms with Crippen molar-refractivity contribution in [2.24, 2.45) is 0 Å². The van der Waals surface area contributed by atoms with Crippen molar-refractivity contribution in [2.45, 2.75) is 13.8 Å². The molecule has 0 unspecified atom stereocenters. The SMILES string of the molecule is Cc1nc(C)c(C(=O)Nc2ccccc2-c2nc3ccccc3s2)s1. The number of aromatic nitrogens is 2. The molecule has 0 aliphatic heterocycles. The highest BCUT2D eigenvalue weighted by atomic mass is 32.1. The number of para-hydroxylation sites is 2. The normalized spacial score (nSPS) is 11.0. The molecule has 0 saturated heterocycles. The number of rotatable bonds is 3. The van der Waals surface area contributed by atoms with Gasteiger partial charge in [-0.1, -0.05) is 24.3 Å². The highest BCUT2D eigenvalue weighted by molar-refractivity contribution is 7.21. The van der Waals surface area contributed by atoms with Crippen molar-refractivity contribution in [3.63, 3.8) is 0 Å². The number of carbonyl (C=O) groups is 1. The lowest BCUT2D eigenvalue weighted by atomic mass is 10.2. The maximum Gasteiger partial charge on any atom is 0.267 e. The van der Waals surface area contributed by atoms with Crippen LogP contribution in [0.25, 0.3) is 20.8 Å². The topological polar surface area (TPSA) is 54.9 Å². The number of amides is 1. The van der Waals surface area contributed by atoms with E-state index in [9.17, 15) is 4.79 Å². The summed E-state index contributed by atoms with van der Waals surface area (Å²) in [5.41, 5.74) is 3.42. The van der Waals surface area contributed by atoms with Crippen molar-refractivity contribution >= 4 is 44.5 Å². The van der Waals surface area contributed by atoms with Gasteiger partial charge in [0.1, 0.15) is 9.88 Å². The van der Waals surface area contributed by atoms with Crippen LogP contribution in [0.15, 0.2) is 48.5 Å². The second kappa shape index (κ2) is 6.38. The van der Waals surface area contributed by atoms with Crippen molar-refractivity contribution < 1.29 is 4.79 Å². The van der Waals surface area contributed by atoms with Gasteiger partial charge < -0.3 is 5.32 Å². The number of hydrogen-bond acceptors (Lipinski definition) is 5. The smallest absolute Gasteiger partial charge is 0.267 e. The highest BCUT2D eigenvalue weighted by Gasteiger charge is 2.17. The van der Waals surface area contributed by atoms with E-state index in [1.165, 1.54) is 11.3 Å². The quantitative estimate of drug-likeness (QED) is 0.537. The Morgan fingerprint density at radius 2 is 1.72 bits per heavy atom. The molecule has 1 amide bonds. The molecule has 0 saturated carbocycles. The molecular weight excluding hydrogens is 350 g/mol. The van der Waals surface area contributed by atoms with Crippen LogP contribution in [0.1, 0.15) is 20.4 Å². The Balaban J connectivity index is 1.71. The minimum Gasteiger partial charge on any atom is -0.321 e. The molecule has 2 heterocycles. The number of nitrogens with zero attached hydrogens (tertiary/aromatic N) is 2. The lowest BCUT2D eigenvalue weighted by Gasteiger charge is -2.08. The number of hydrogen-bond donors (Lipinski definition) is 1. The van der Waals surface area contributed by atoms with Gasteiger partial charge in [-0.2, -0.15) is 0 Å². The Morgan fingerprint density at radius 1 is 0.960 bits per heavy atom. The first-order valence-electron chi connectivity index (χ1n) is 7.82. The molecule has 2 aromatic heterocycles. The summed E-state index contributed by atoms with van der Waals surface area (Å²) in [6, 6.07) is 15.8. The van der Waals surface area contributed by atoms with E-state index in [0.29, 0.717) is 4.88 Å². The van der Waals surface area contributed by atoms with Crippen LogP contribution in [0.5, 0.6) is 0 Å². The number of carbonyl (C=O) groups excluding carboxylic acids is 1. The fourth-order valence-corrected chi connectivity index (χ4v) is 4.51. The van der Waals surface area contributed by atoms with Crippen molar-refractivity contribution in [1.29, 1.82) is 0 Å². The first-order chi connectivity index (χ1) is 12.1. The van der Waals surface area contributed by atoms with E-state index in [1.54, 1.807) is 11.3 Å². The summed E-state index contributed by atoms with van der Waals surface area (Å²) in [4.78, 5) is 22.3. The van der Waals surface area contributed by atoms with Crippen LogP contribution < -0.4 is 5.32 Å². The molecule has 4 rings (SSSR count). The molecule has 4 nitrogen and oxygen atoms in total. The van der Waals surface area contributed by atoms with E-state index in [0.717, 1.165) is 37.2 Å². The minimum atomic E-state index is -0.128. The van der Waals surface area contributed by atoms with Gasteiger partial charge in [-0.25, -0.2) is 9.97 Å². The molecule has 0 radical (unpaired) electrons. The molecule has 0 atom stereocenters. The molecule has 4 aromatic rings. The number of benzene rings is 2. The van der Waals surface area contributed by atoms with Gasteiger partial charge in [0.15, 0.2) is 0 Å². The molecular formula is C19H15N3OS2. The summed E-state index contributed by atoms with van der Waals surface area (Å²) < 4.78 is 1.13. The summed E-state index contributed by atoms with van der Waals surface area (Å²) in [6.07, 6.45) is 0. The van der Waals surface area contributed by atoms with E-state index in [-0.39, 0.29) is 5.91 Å². The minimum absolute atomic E-state index is 0.128. The van der Waals surface area contributed by atoms with E-state index < -0.39 is 0 Å². The standard InChI is InChI=1S/C19H15N3OS2/c1-11-17(24-12(2)20-11)18(23)21-14-8-4-3-7-13(14)19-22-15-9-5-6-10-16(15)25-19/h3-10H,1-2H3,(H,21,23). The second-order valence-corrected chi connectivity index (χ2v) is 7.87. The number of nitrogens with one attached hydrogen (secondary N) is 1. The average Bonchev–Trinajstić information content (AvgIpc) is 3.18. The highest BCUT2D eigenvalue weighted by Crippen LogP contribution is 2.34. The maximum absolute atomic E-state index is 12.6. The van der Waals surface area contributed by atoms with Crippen LogP contribution in [0.4, 0.5) is 5.69 Å². The third-order valence-corrected chi connectivity index (χ3v) is 5.95. The van der Waals surface area contributed by atoms with E-state index in [1.807, 2.05) is 56.3 Å². The first-order valence-corrected chi connectivity index (χ1v) is 9.45. The first kappa shape index (κ1) is 15.9. The average molecular weight is 365 g/mol. The van der Waals surface area contributed by atoms with Gasteiger partial charge in [0.25, 0.3) is 5.91 Å². The van der Waals surface area contributed by atoms with E-state index in [4.69, 9.17) is 4.98 Å². The van der Waals surface area contributed by atoms with Gasteiger partial charge in [-0.3, -0.25) is 4.79 Å². The molecule has 2 aromatic carbocycles. The third kappa shape index (κ3) is 3.06. The van der Waals surface area contributed by atoms with Gasteiger partial charge in [0.2, 0.25) is 0 Å². The Labute approximate surface area is 153 Å². The molecule has 0 aliphatic rings. The van der Waals surface area contributed by atoms with Crippen LogP contribution >= 0.6 is 22.7 Å². The van der Waals surface area contributed by atoms with E-state index in [2.05, 4.69) is 16.4 Å². The van der Waals surface area contributed by atoms with Gasteiger partial charge >= 0.3 is 0 Å². The molecule has 0 spiro atoms. The van der Waals surface area contributed by atoms with Crippen LogP contribution in [-0.4, -0.2) is 15.9 Å². The third-order valence-electron chi connectivity index (χ3n) is 3.81. The molecule has 6 heteroatoms. The molecule has 25 heavy (non-hydrogen) atoms. The second-order valence-electron chi connectivity index (χ2n) is 5.63. The Hall–Kier alpha value is -2.57. The summed E-state index contributed by atoms with van der Waals surface area (Å²) in [7, 11) is 0. The number of thiazole rings is 2. The van der Waals surface area contributed by atoms with Gasteiger partial charge in [-0.15, -0.1) is 22.7 Å². The molecule has 124 valence electrons. The molecule has 0 aliphatic carbocycles. The summed E-state index contributed by atoms with van der Waals surface area (Å²) in [5, 5.41) is 4.81. The lowest BCUT2D eigenvalue weighted by Crippen LogP contribution is -2.12. The number of anilines is 1. The molecule has 0 bridgehead atoms. The van der Waals surface area contributed by atoms with Crippen molar-refractivity contribution in [3.8, 4) is 10.6 Å². The monoisotopic (exact) mass is 365 g/mol. The van der Waals surface area contributed by atoms with Crippen molar-refractivity contribution in [2.75, 3.05) is 5.32 Å². The summed E-state index contributed by atoms with van der Waals surface area (Å²) >= 11 is 3.03. The predicted molar refractivity (Wildman–Crippen MR) is 105 cm³/mol. The zero-order chi connectivity index (χ0) is 17.4. The fourth-order valence-electron chi connectivity index (χ4n) is 2.69. The van der Waals surface area contributed by atoms with Crippen molar-refractivity contribution in [1.82, 2.24) is 9.97 Å². The van der Waals surface area contributed by atoms with Crippen LogP contribution in [-0.2, 0) is 0 Å². The number of fused-ring (bicyclic) bond motifs is 1. The maximum atomic E-state index is 12.6. The largest absolute Gasteiger partial charge is 0.321 e. The van der Waals surface area contributed by atoms with Crippen LogP contribution in [0.3, 0.4) is 0 Å². The Kier molecular flexibility index (Phi) is 4.07. The zero-order valence-electron chi connectivity index (χ0n) is 13.7. The molecule has 1 N–H and O–H groups in total. The summed E-state index contributed by atoms with van der Waals surface area (Å²) in [6.45, 7) is 3.77. The zero-order valence-corrected chi connectivity index (χ0v) is 15.4. The van der Waals surface area contributed by atoms with Gasteiger partial charge in [0, 0.05) is 5.56 Å². The van der Waals surface area contributed by atoms with Crippen molar-refractivity contribution in [3.05, 3.63) is 64.1 Å². The predicted octanol–water partition coefficient (Wildman–Crippen LogP) is 5.29. The van der Waals surface area contributed by atoms with Gasteiger partial charge in [-0.05, 0) is 38.1 Å². The lowest BCUT2D eigenvalue weighted by molar-refractivity contribution is 0.103. The summed E-state index contributed by atoms with van der Waals surface area (Å²) in [5.74, 6) is -0.128.